The third-order valence-electron chi connectivity index (χ3n) is 4.84. The number of carbonyl (C=O) groups excluding carboxylic acids is 1. The van der Waals surface area contributed by atoms with E-state index in [2.05, 4.69) is 20.7 Å². The van der Waals surface area contributed by atoms with Crippen LogP contribution in [0.4, 0.5) is 0 Å². The molecule has 7 nitrogen and oxygen atoms in total. The van der Waals surface area contributed by atoms with Crippen molar-refractivity contribution < 1.29 is 4.79 Å². The number of nitrogens with zero attached hydrogens (tertiary/aromatic N) is 2. The monoisotopic (exact) mass is 331 g/mol. The molecule has 0 spiro atoms. The fourth-order valence-corrected chi connectivity index (χ4v) is 3.49. The van der Waals surface area contributed by atoms with Crippen LogP contribution in [0, 0.1) is 13.8 Å². The molecule has 1 amide bonds. The molecule has 2 aromatic rings. The first-order valence-electron chi connectivity index (χ1n) is 8.52. The van der Waals surface area contributed by atoms with Crippen LogP contribution >= 0.6 is 0 Å². The first-order chi connectivity index (χ1) is 11.5. The Labute approximate surface area is 140 Å². The third-order valence-corrected chi connectivity index (χ3v) is 4.84. The lowest BCUT2D eigenvalue weighted by molar-refractivity contribution is -0.121. The molecule has 0 unspecified atom stereocenters. The number of H-pyrrole nitrogens is 1. The second-order valence-corrected chi connectivity index (χ2v) is 6.61. The van der Waals surface area contributed by atoms with Crippen LogP contribution in [0.1, 0.15) is 36.1 Å². The van der Waals surface area contributed by atoms with Gasteiger partial charge in [0.25, 0.3) is 5.56 Å². The Balaban J connectivity index is 1.74. The maximum atomic E-state index is 12.2. The predicted molar refractivity (Wildman–Crippen MR) is 93.2 cm³/mol. The highest BCUT2D eigenvalue weighted by Gasteiger charge is 2.18. The maximum Gasteiger partial charge on any atom is 0.276 e. The van der Waals surface area contributed by atoms with Crippen molar-refractivity contribution in [3.8, 4) is 0 Å². The van der Waals surface area contributed by atoms with Crippen LogP contribution in [0.25, 0.3) is 11.0 Å². The molecule has 0 aromatic carbocycles. The number of piperidine rings is 1. The number of aromatic nitrogens is 3. The molecule has 1 atom stereocenters. The summed E-state index contributed by atoms with van der Waals surface area (Å²) in [7, 11) is 1.68. The Morgan fingerprint density at radius 3 is 2.92 bits per heavy atom. The lowest BCUT2D eigenvalue weighted by Gasteiger charge is -2.23. The fourth-order valence-electron chi connectivity index (χ4n) is 3.49. The van der Waals surface area contributed by atoms with Crippen molar-refractivity contribution in [2.24, 2.45) is 7.05 Å². The van der Waals surface area contributed by atoms with Gasteiger partial charge < -0.3 is 10.6 Å². The first kappa shape index (κ1) is 16.7. The molecule has 7 heteroatoms. The Bertz CT molecular complexity index is 814. The van der Waals surface area contributed by atoms with Crippen LogP contribution in [-0.2, 0) is 18.3 Å². The molecule has 3 N–H and O–H groups in total. The van der Waals surface area contributed by atoms with Crippen LogP contribution in [0.5, 0.6) is 0 Å². The predicted octanol–water partition coefficient (Wildman–Crippen LogP) is 0.679. The smallest absolute Gasteiger partial charge is 0.276 e. The van der Waals surface area contributed by atoms with E-state index in [1.54, 1.807) is 7.05 Å². The molecule has 24 heavy (non-hydrogen) atoms. The van der Waals surface area contributed by atoms with Crippen molar-refractivity contribution in [2.45, 2.75) is 45.6 Å². The number of nitrogens with one attached hydrogen (secondary N) is 3. The molecule has 2 aromatic heterocycles. The van der Waals surface area contributed by atoms with Crippen LogP contribution in [0.3, 0.4) is 0 Å². The lowest BCUT2D eigenvalue weighted by Crippen LogP contribution is -2.45. The SMILES string of the molecule is Cc1nc2[nH]n(C)c(=O)c2c(C)c1CCC(=O)N[C@H]1CCCNC1. The number of aryl methyl sites for hydroxylation is 3. The molecule has 0 saturated carbocycles. The summed E-state index contributed by atoms with van der Waals surface area (Å²) >= 11 is 0. The van der Waals surface area contributed by atoms with E-state index in [-0.39, 0.29) is 17.5 Å². The van der Waals surface area contributed by atoms with E-state index in [0.29, 0.717) is 23.9 Å². The van der Waals surface area contributed by atoms with Crippen molar-refractivity contribution >= 4 is 16.9 Å². The normalized spacial score (nSPS) is 18.0. The van der Waals surface area contributed by atoms with E-state index in [1.807, 2.05) is 13.8 Å². The molecule has 1 fully saturated rings. The van der Waals surface area contributed by atoms with Gasteiger partial charge in [0.15, 0.2) is 5.65 Å². The molecule has 1 saturated heterocycles. The van der Waals surface area contributed by atoms with E-state index in [1.165, 1.54) is 4.68 Å². The maximum absolute atomic E-state index is 12.2. The minimum absolute atomic E-state index is 0.0598. The Hall–Kier alpha value is -2.15. The molecule has 1 aliphatic rings. The van der Waals surface area contributed by atoms with Crippen LogP contribution in [-0.4, -0.2) is 39.8 Å². The Morgan fingerprint density at radius 2 is 2.21 bits per heavy atom. The van der Waals surface area contributed by atoms with Gasteiger partial charge in [-0.2, -0.15) is 0 Å². The molecule has 3 rings (SSSR count). The third kappa shape index (κ3) is 3.21. The standard InChI is InChI=1S/C17H25N5O2/c1-10-13(6-7-14(23)20-12-5-4-8-18-9-12)11(2)19-16-15(10)17(24)22(3)21-16/h12,18H,4-9H2,1-3H3,(H,19,21)(H,20,23)/t12-/m0/s1. The van der Waals surface area contributed by atoms with E-state index in [0.717, 1.165) is 42.8 Å². The molecule has 0 bridgehead atoms. The van der Waals surface area contributed by atoms with E-state index in [4.69, 9.17) is 0 Å². The number of rotatable bonds is 4. The number of hydrogen-bond acceptors (Lipinski definition) is 4. The van der Waals surface area contributed by atoms with Crippen LogP contribution in [0.15, 0.2) is 4.79 Å². The van der Waals surface area contributed by atoms with Crippen molar-refractivity contribution in [3.63, 3.8) is 0 Å². The highest BCUT2D eigenvalue weighted by molar-refractivity contribution is 5.80. The van der Waals surface area contributed by atoms with Gasteiger partial charge in [-0.1, -0.05) is 0 Å². The van der Waals surface area contributed by atoms with Gasteiger partial charge in [0, 0.05) is 31.7 Å². The lowest BCUT2D eigenvalue weighted by atomic mass is 10.00. The van der Waals surface area contributed by atoms with Crippen molar-refractivity contribution in [1.29, 1.82) is 0 Å². The average Bonchev–Trinajstić information content (AvgIpc) is 2.82. The zero-order valence-electron chi connectivity index (χ0n) is 14.5. The second kappa shape index (κ2) is 6.76. The topological polar surface area (TPSA) is 91.8 Å². The van der Waals surface area contributed by atoms with Gasteiger partial charge in [0.05, 0.1) is 5.39 Å². The van der Waals surface area contributed by atoms with E-state index in [9.17, 15) is 9.59 Å². The number of aromatic amines is 1. The molecular weight excluding hydrogens is 306 g/mol. The minimum atomic E-state index is -0.0750. The Morgan fingerprint density at radius 1 is 1.42 bits per heavy atom. The number of hydrogen-bond donors (Lipinski definition) is 3. The van der Waals surface area contributed by atoms with Gasteiger partial charge >= 0.3 is 0 Å². The van der Waals surface area contributed by atoms with Gasteiger partial charge in [-0.3, -0.25) is 19.4 Å². The zero-order valence-corrected chi connectivity index (χ0v) is 14.5. The molecule has 130 valence electrons. The highest BCUT2D eigenvalue weighted by Crippen LogP contribution is 2.20. The Kier molecular flexibility index (Phi) is 4.71. The zero-order chi connectivity index (χ0) is 17.3. The first-order valence-corrected chi connectivity index (χ1v) is 8.52. The molecular formula is C17H25N5O2. The summed E-state index contributed by atoms with van der Waals surface area (Å²) in [4.78, 5) is 28.9. The van der Waals surface area contributed by atoms with E-state index < -0.39 is 0 Å². The number of carbonyl (C=O) groups is 1. The molecule has 1 aliphatic heterocycles. The number of amides is 1. The summed E-state index contributed by atoms with van der Waals surface area (Å²) in [5.74, 6) is 0.0598. The van der Waals surface area contributed by atoms with Gasteiger partial charge in [0.2, 0.25) is 5.91 Å². The van der Waals surface area contributed by atoms with Crippen LogP contribution in [0.2, 0.25) is 0 Å². The van der Waals surface area contributed by atoms with Crippen molar-refractivity contribution in [2.75, 3.05) is 13.1 Å². The number of pyridine rings is 1. The van der Waals surface area contributed by atoms with E-state index >= 15 is 0 Å². The average molecular weight is 331 g/mol. The largest absolute Gasteiger partial charge is 0.352 e. The van der Waals surface area contributed by atoms with Gasteiger partial charge in [-0.25, -0.2) is 4.98 Å². The van der Waals surface area contributed by atoms with Gasteiger partial charge in [0.1, 0.15) is 0 Å². The summed E-state index contributed by atoms with van der Waals surface area (Å²) in [6.07, 6.45) is 3.14. The van der Waals surface area contributed by atoms with Crippen LogP contribution < -0.4 is 16.2 Å². The van der Waals surface area contributed by atoms with Crippen molar-refractivity contribution in [3.05, 3.63) is 27.2 Å². The summed E-state index contributed by atoms with van der Waals surface area (Å²) in [5, 5.41) is 9.96. The quantitative estimate of drug-likeness (QED) is 0.768. The number of fused-ring (bicyclic) bond motifs is 1. The minimum Gasteiger partial charge on any atom is -0.352 e. The highest BCUT2D eigenvalue weighted by atomic mass is 16.1. The fraction of sp³-hybridized carbons (Fsp3) is 0.588. The molecule has 0 radical (unpaired) electrons. The second-order valence-electron chi connectivity index (χ2n) is 6.61. The summed E-state index contributed by atoms with van der Waals surface area (Å²) in [6.45, 7) is 5.74. The summed E-state index contributed by atoms with van der Waals surface area (Å²) in [5.41, 5.74) is 3.32. The molecule has 3 heterocycles. The molecule has 0 aliphatic carbocycles. The summed E-state index contributed by atoms with van der Waals surface area (Å²) < 4.78 is 1.44. The van der Waals surface area contributed by atoms with Crippen molar-refractivity contribution in [1.82, 2.24) is 25.4 Å². The van der Waals surface area contributed by atoms with Gasteiger partial charge in [-0.05, 0) is 50.8 Å². The summed E-state index contributed by atoms with van der Waals surface area (Å²) in [6, 6.07) is 0.228. The van der Waals surface area contributed by atoms with Gasteiger partial charge in [-0.15, -0.1) is 0 Å².